The van der Waals surface area contributed by atoms with Crippen molar-refractivity contribution >= 4 is 21.8 Å². The molecule has 1 aliphatic rings. The molecule has 1 aromatic rings. The van der Waals surface area contributed by atoms with Crippen LogP contribution >= 0.6 is 15.9 Å². The molecule has 0 radical (unpaired) electrons. The summed E-state index contributed by atoms with van der Waals surface area (Å²) in [6.07, 6.45) is 4.66. The molecule has 1 saturated carbocycles. The molecule has 2 unspecified atom stereocenters. The number of halogens is 1. The number of primary amides is 1. The maximum atomic E-state index is 11.5. The van der Waals surface area contributed by atoms with Crippen LogP contribution in [0.15, 0.2) is 28.7 Å². The van der Waals surface area contributed by atoms with Crippen LogP contribution < -0.4 is 11.5 Å². The van der Waals surface area contributed by atoms with Crippen molar-refractivity contribution < 1.29 is 4.79 Å². The highest BCUT2D eigenvalue weighted by Crippen LogP contribution is 2.32. The fraction of sp³-hybridized carbons (Fsp3) is 0.562. The van der Waals surface area contributed by atoms with Crippen molar-refractivity contribution in [3.63, 3.8) is 0 Å². The first-order valence-corrected chi connectivity index (χ1v) is 8.33. The van der Waals surface area contributed by atoms with E-state index in [2.05, 4.69) is 33.0 Å². The van der Waals surface area contributed by atoms with Crippen LogP contribution in [-0.4, -0.2) is 29.4 Å². The Morgan fingerprint density at radius 3 is 2.38 bits per heavy atom. The normalized spacial score (nSPS) is 18.9. The number of benzene rings is 1. The molecule has 1 fully saturated rings. The average molecular weight is 354 g/mol. The highest BCUT2D eigenvalue weighted by atomic mass is 79.9. The summed E-state index contributed by atoms with van der Waals surface area (Å²) in [6.45, 7) is 2.27. The monoisotopic (exact) mass is 353 g/mol. The van der Waals surface area contributed by atoms with E-state index in [1.165, 1.54) is 12.8 Å². The van der Waals surface area contributed by atoms with Crippen molar-refractivity contribution in [1.82, 2.24) is 4.90 Å². The lowest BCUT2D eigenvalue weighted by molar-refractivity contribution is -0.120. The van der Waals surface area contributed by atoms with E-state index in [9.17, 15) is 4.79 Å². The molecule has 0 spiro atoms. The highest BCUT2D eigenvalue weighted by Gasteiger charge is 2.32. The summed E-state index contributed by atoms with van der Waals surface area (Å²) in [5, 5.41) is 0. The second-order valence-corrected chi connectivity index (χ2v) is 6.85. The van der Waals surface area contributed by atoms with E-state index in [4.69, 9.17) is 11.5 Å². The summed E-state index contributed by atoms with van der Waals surface area (Å²) in [4.78, 5) is 13.7. The molecule has 1 aliphatic carbocycles. The number of amides is 1. The van der Waals surface area contributed by atoms with E-state index < -0.39 is 0 Å². The molecule has 1 aromatic carbocycles. The maximum absolute atomic E-state index is 11.5. The Balaban J connectivity index is 2.30. The Morgan fingerprint density at radius 1 is 1.33 bits per heavy atom. The van der Waals surface area contributed by atoms with Crippen molar-refractivity contribution in [1.29, 1.82) is 0 Å². The van der Waals surface area contributed by atoms with Gasteiger partial charge in [-0.1, -0.05) is 40.9 Å². The topological polar surface area (TPSA) is 72.3 Å². The van der Waals surface area contributed by atoms with E-state index in [0.717, 1.165) is 22.9 Å². The van der Waals surface area contributed by atoms with Crippen molar-refractivity contribution in [3.05, 3.63) is 34.3 Å². The van der Waals surface area contributed by atoms with Crippen molar-refractivity contribution in [2.24, 2.45) is 11.5 Å². The standard InChI is InChI=1S/C16H24BrN3O/c1-11(18)16(12-6-8-13(17)9-7-12)20(10-15(19)21)14-4-2-3-5-14/h6-9,11,14,16H,2-5,10,18H2,1H3,(H2,19,21). The minimum Gasteiger partial charge on any atom is -0.369 e. The fourth-order valence-electron chi connectivity index (χ4n) is 3.33. The molecule has 2 atom stereocenters. The summed E-state index contributed by atoms with van der Waals surface area (Å²) in [7, 11) is 0. The zero-order valence-electron chi connectivity index (χ0n) is 12.5. The van der Waals surface area contributed by atoms with Gasteiger partial charge in [0.2, 0.25) is 5.91 Å². The van der Waals surface area contributed by atoms with E-state index >= 15 is 0 Å². The molecule has 0 bridgehead atoms. The van der Waals surface area contributed by atoms with Gasteiger partial charge in [0.15, 0.2) is 0 Å². The number of hydrogen-bond acceptors (Lipinski definition) is 3. The summed E-state index contributed by atoms with van der Waals surface area (Å²) in [5.41, 5.74) is 12.9. The van der Waals surface area contributed by atoms with E-state index in [1.807, 2.05) is 19.1 Å². The van der Waals surface area contributed by atoms with Gasteiger partial charge in [-0.2, -0.15) is 0 Å². The molecule has 2 rings (SSSR count). The van der Waals surface area contributed by atoms with Gasteiger partial charge < -0.3 is 11.5 Å². The Hall–Kier alpha value is -0.910. The first kappa shape index (κ1) is 16.5. The minimum absolute atomic E-state index is 0.0219. The minimum atomic E-state index is -0.287. The van der Waals surface area contributed by atoms with Crippen LogP contribution in [0, 0.1) is 0 Å². The van der Waals surface area contributed by atoms with Crippen LogP contribution in [0.5, 0.6) is 0 Å². The third-order valence-corrected chi connectivity index (χ3v) is 4.73. The van der Waals surface area contributed by atoms with Gasteiger partial charge in [-0.15, -0.1) is 0 Å². The fourth-order valence-corrected chi connectivity index (χ4v) is 3.59. The summed E-state index contributed by atoms with van der Waals surface area (Å²) >= 11 is 3.46. The first-order valence-electron chi connectivity index (χ1n) is 7.54. The number of carbonyl (C=O) groups is 1. The summed E-state index contributed by atoms with van der Waals surface area (Å²) in [5.74, 6) is -0.287. The smallest absolute Gasteiger partial charge is 0.231 e. The van der Waals surface area contributed by atoms with Gasteiger partial charge in [0.1, 0.15) is 0 Å². The van der Waals surface area contributed by atoms with Crippen LogP contribution in [0.3, 0.4) is 0 Å². The summed E-state index contributed by atoms with van der Waals surface area (Å²) < 4.78 is 1.04. The number of rotatable bonds is 6. The van der Waals surface area contributed by atoms with Crippen LogP contribution in [0.1, 0.15) is 44.2 Å². The lowest BCUT2D eigenvalue weighted by atomic mass is 9.97. The van der Waals surface area contributed by atoms with Gasteiger partial charge >= 0.3 is 0 Å². The number of carbonyl (C=O) groups excluding carboxylic acids is 1. The SMILES string of the molecule is CC(N)C(c1ccc(Br)cc1)N(CC(N)=O)C1CCCC1. The molecule has 0 aliphatic heterocycles. The summed E-state index contributed by atoms with van der Waals surface area (Å²) in [6, 6.07) is 8.53. The van der Waals surface area contributed by atoms with Gasteiger partial charge in [-0.05, 0) is 37.5 Å². The van der Waals surface area contributed by atoms with Gasteiger partial charge in [0.05, 0.1) is 12.6 Å². The Bertz CT molecular complexity index is 469. The Kier molecular flexibility index (Phi) is 5.79. The van der Waals surface area contributed by atoms with Crippen LogP contribution in [0.25, 0.3) is 0 Å². The molecular weight excluding hydrogens is 330 g/mol. The largest absolute Gasteiger partial charge is 0.369 e. The Labute approximate surface area is 135 Å². The van der Waals surface area contributed by atoms with Crippen molar-refractivity contribution in [3.8, 4) is 0 Å². The van der Waals surface area contributed by atoms with Gasteiger partial charge in [0.25, 0.3) is 0 Å². The van der Waals surface area contributed by atoms with E-state index in [0.29, 0.717) is 6.04 Å². The van der Waals surface area contributed by atoms with Gasteiger partial charge in [0, 0.05) is 16.6 Å². The molecule has 1 amide bonds. The molecule has 4 N–H and O–H groups in total. The van der Waals surface area contributed by atoms with Crippen molar-refractivity contribution in [2.75, 3.05) is 6.54 Å². The van der Waals surface area contributed by atoms with Crippen molar-refractivity contribution in [2.45, 2.75) is 50.7 Å². The molecule has 116 valence electrons. The zero-order valence-corrected chi connectivity index (χ0v) is 14.1. The third-order valence-electron chi connectivity index (χ3n) is 4.20. The molecule has 0 heterocycles. The predicted molar refractivity (Wildman–Crippen MR) is 88.7 cm³/mol. The van der Waals surface area contributed by atoms with Crippen LogP contribution in [0.4, 0.5) is 0 Å². The maximum Gasteiger partial charge on any atom is 0.231 e. The lowest BCUT2D eigenvalue weighted by Crippen LogP contribution is -2.47. The van der Waals surface area contributed by atoms with E-state index in [-0.39, 0.29) is 24.5 Å². The molecule has 0 aromatic heterocycles. The average Bonchev–Trinajstić information content (AvgIpc) is 2.93. The van der Waals surface area contributed by atoms with Gasteiger partial charge in [-0.25, -0.2) is 0 Å². The quantitative estimate of drug-likeness (QED) is 0.825. The molecule has 4 nitrogen and oxygen atoms in total. The molecular formula is C16H24BrN3O. The molecule has 21 heavy (non-hydrogen) atoms. The molecule has 5 heteroatoms. The van der Waals surface area contributed by atoms with Crippen LogP contribution in [0.2, 0.25) is 0 Å². The second kappa shape index (κ2) is 7.38. The lowest BCUT2D eigenvalue weighted by Gasteiger charge is -2.38. The Morgan fingerprint density at radius 2 is 1.90 bits per heavy atom. The predicted octanol–water partition coefficient (Wildman–Crippen LogP) is 2.57. The third kappa shape index (κ3) is 4.28. The zero-order chi connectivity index (χ0) is 15.4. The highest BCUT2D eigenvalue weighted by molar-refractivity contribution is 9.10. The van der Waals surface area contributed by atoms with E-state index in [1.54, 1.807) is 0 Å². The van der Waals surface area contributed by atoms with Gasteiger partial charge in [-0.3, -0.25) is 9.69 Å². The number of nitrogens with two attached hydrogens (primary N) is 2. The number of hydrogen-bond donors (Lipinski definition) is 2. The second-order valence-electron chi connectivity index (χ2n) is 5.93. The number of nitrogens with zero attached hydrogens (tertiary/aromatic N) is 1. The molecule has 0 saturated heterocycles. The van der Waals surface area contributed by atoms with Crippen LogP contribution in [-0.2, 0) is 4.79 Å². The first-order chi connectivity index (χ1) is 9.99.